The Morgan fingerprint density at radius 1 is 1.35 bits per heavy atom. The van der Waals surface area contributed by atoms with Crippen LogP contribution in [-0.2, 0) is 4.79 Å². The zero-order valence-electron chi connectivity index (χ0n) is 8.57. The molecule has 0 saturated carbocycles. The van der Waals surface area contributed by atoms with Crippen LogP contribution in [-0.4, -0.2) is 38.3 Å². The Morgan fingerprint density at radius 3 is 2.53 bits per heavy atom. The first-order valence-electron chi connectivity index (χ1n) is 4.52. The third-order valence-corrected chi connectivity index (χ3v) is 2.05. The number of amides is 1. The number of hydrazine groups is 1. The molecule has 1 rings (SSSR count). The molecular formula is C9H11N3O5. The number of nitrogens with two attached hydrogens (primary N) is 1. The van der Waals surface area contributed by atoms with Gasteiger partial charge in [0.1, 0.15) is 6.10 Å². The fourth-order valence-electron chi connectivity index (χ4n) is 1.14. The van der Waals surface area contributed by atoms with Crippen molar-refractivity contribution in [2.75, 3.05) is 0 Å². The van der Waals surface area contributed by atoms with Gasteiger partial charge in [0, 0.05) is 18.0 Å². The Morgan fingerprint density at radius 2 is 2.00 bits per heavy atom. The van der Waals surface area contributed by atoms with Gasteiger partial charge in [-0.25, -0.2) is 10.6 Å². The number of carbonyl (C=O) groups is 2. The quantitative estimate of drug-likeness (QED) is 0.236. The van der Waals surface area contributed by atoms with E-state index in [2.05, 4.69) is 4.98 Å². The fraction of sp³-hybridized carbons (Fsp3) is 0.222. The first kappa shape index (κ1) is 13.0. The van der Waals surface area contributed by atoms with Crippen LogP contribution >= 0.6 is 0 Å². The predicted molar refractivity (Wildman–Crippen MR) is 54.5 cm³/mol. The highest BCUT2D eigenvalue weighted by Gasteiger charge is 2.25. The predicted octanol–water partition coefficient (Wildman–Crippen LogP) is -1.84. The maximum absolute atomic E-state index is 11.2. The lowest BCUT2D eigenvalue weighted by Crippen LogP contribution is -2.31. The molecule has 0 spiro atoms. The van der Waals surface area contributed by atoms with Crippen LogP contribution in [0.25, 0.3) is 0 Å². The first-order valence-corrected chi connectivity index (χ1v) is 4.52. The van der Waals surface area contributed by atoms with Crippen LogP contribution in [0, 0.1) is 0 Å². The summed E-state index contributed by atoms with van der Waals surface area (Å²) in [6, 6.07) is 1.19. The number of carboxylic acids is 1. The van der Waals surface area contributed by atoms with E-state index in [9.17, 15) is 14.7 Å². The molecule has 1 aromatic rings. The average molecular weight is 241 g/mol. The number of rotatable bonds is 4. The lowest BCUT2D eigenvalue weighted by atomic mass is 10.0. The second-order valence-electron chi connectivity index (χ2n) is 3.21. The van der Waals surface area contributed by atoms with Crippen LogP contribution in [0.4, 0.5) is 0 Å². The minimum absolute atomic E-state index is 0.000926. The molecule has 0 fully saturated rings. The molecule has 0 saturated heterocycles. The minimum atomic E-state index is -1.99. The van der Waals surface area contributed by atoms with Crippen molar-refractivity contribution in [3.8, 4) is 0 Å². The molecular weight excluding hydrogens is 230 g/mol. The second kappa shape index (κ2) is 5.34. The maximum Gasteiger partial charge on any atom is 0.335 e. The standard InChI is InChI=1S/C9H11N3O5/c10-12-8(15)5-1-4(2-11-3-5)6(13)7(14)9(16)17/h1-3,6-7,13-14H,10H2,(H,12,15)(H,16,17). The van der Waals surface area contributed by atoms with Crippen molar-refractivity contribution in [2.45, 2.75) is 12.2 Å². The number of nitrogens with one attached hydrogen (secondary N) is 1. The molecule has 0 aromatic carbocycles. The second-order valence-corrected chi connectivity index (χ2v) is 3.21. The summed E-state index contributed by atoms with van der Waals surface area (Å²) in [6.45, 7) is 0. The summed E-state index contributed by atoms with van der Waals surface area (Å²) in [5, 5.41) is 27.1. The van der Waals surface area contributed by atoms with E-state index in [0.717, 1.165) is 6.20 Å². The third-order valence-electron chi connectivity index (χ3n) is 2.05. The zero-order chi connectivity index (χ0) is 13.0. The van der Waals surface area contributed by atoms with Gasteiger partial charge in [-0.1, -0.05) is 0 Å². The van der Waals surface area contributed by atoms with Gasteiger partial charge in [-0.15, -0.1) is 0 Å². The smallest absolute Gasteiger partial charge is 0.335 e. The molecule has 0 aliphatic carbocycles. The van der Waals surface area contributed by atoms with Gasteiger partial charge in [0.2, 0.25) is 0 Å². The number of carboxylic acid groups (broad SMARTS) is 1. The Bertz CT molecular complexity index is 436. The van der Waals surface area contributed by atoms with Crippen molar-refractivity contribution in [1.82, 2.24) is 10.4 Å². The van der Waals surface area contributed by atoms with Gasteiger partial charge < -0.3 is 15.3 Å². The maximum atomic E-state index is 11.2. The number of pyridine rings is 1. The van der Waals surface area contributed by atoms with Crippen molar-refractivity contribution >= 4 is 11.9 Å². The Balaban J connectivity index is 2.99. The zero-order valence-corrected chi connectivity index (χ0v) is 8.57. The molecule has 92 valence electrons. The molecule has 1 amide bonds. The van der Waals surface area contributed by atoms with Crippen molar-refractivity contribution < 1.29 is 24.9 Å². The molecule has 1 aromatic heterocycles. The Hall–Kier alpha value is -2.03. The lowest BCUT2D eigenvalue weighted by Gasteiger charge is -2.14. The highest BCUT2D eigenvalue weighted by Crippen LogP contribution is 2.17. The van der Waals surface area contributed by atoms with E-state index < -0.39 is 24.1 Å². The van der Waals surface area contributed by atoms with Gasteiger partial charge in [0.15, 0.2) is 6.10 Å². The van der Waals surface area contributed by atoms with Gasteiger partial charge >= 0.3 is 5.97 Å². The summed E-state index contributed by atoms with van der Waals surface area (Å²) in [6.07, 6.45) is -1.34. The molecule has 0 aliphatic heterocycles. The Kier molecular flexibility index (Phi) is 4.10. The van der Waals surface area contributed by atoms with Crippen molar-refractivity contribution in [2.24, 2.45) is 5.84 Å². The van der Waals surface area contributed by atoms with E-state index in [0.29, 0.717) is 0 Å². The highest BCUT2D eigenvalue weighted by atomic mass is 16.4. The summed E-state index contributed by atoms with van der Waals surface area (Å²) in [7, 11) is 0. The van der Waals surface area contributed by atoms with Gasteiger partial charge in [-0.2, -0.15) is 0 Å². The van der Waals surface area contributed by atoms with Crippen LogP contribution in [0.15, 0.2) is 18.5 Å². The normalized spacial score (nSPS) is 13.8. The summed E-state index contributed by atoms with van der Waals surface area (Å²) < 4.78 is 0. The van der Waals surface area contributed by atoms with Crippen molar-refractivity contribution in [1.29, 1.82) is 0 Å². The molecule has 0 aliphatic rings. The molecule has 1 heterocycles. The lowest BCUT2D eigenvalue weighted by molar-refractivity contribution is -0.153. The molecule has 8 nitrogen and oxygen atoms in total. The van der Waals surface area contributed by atoms with E-state index >= 15 is 0 Å². The molecule has 2 unspecified atom stereocenters. The van der Waals surface area contributed by atoms with E-state index in [1.165, 1.54) is 12.3 Å². The molecule has 8 heteroatoms. The number of aliphatic hydroxyl groups excluding tert-OH is 2. The van der Waals surface area contributed by atoms with Gasteiger partial charge in [-0.05, 0) is 6.07 Å². The molecule has 17 heavy (non-hydrogen) atoms. The Labute approximate surface area is 95.7 Å². The highest BCUT2D eigenvalue weighted by molar-refractivity contribution is 5.93. The van der Waals surface area contributed by atoms with Crippen molar-refractivity contribution in [3.63, 3.8) is 0 Å². The summed E-state index contributed by atoms with van der Waals surface area (Å²) >= 11 is 0. The number of nitrogens with zero attached hydrogens (tertiary/aromatic N) is 1. The number of aliphatic hydroxyl groups is 2. The van der Waals surface area contributed by atoms with Gasteiger partial charge in [0.25, 0.3) is 5.91 Å². The van der Waals surface area contributed by atoms with Crippen molar-refractivity contribution in [3.05, 3.63) is 29.6 Å². The van der Waals surface area contributed by atoms with E-state index in [1.54, 1.807) is 0 Å². The topological polar surface area (TPSA) is 146 Å². The van der Waals surface area contributed by atoms with Crippen LogP contribution in [0.2, 0.25) is 0 Å². The summed E-state index contributed by atoms with van der Waals surface area (Å²) in [4.78, 5) is 25.3. The number of carbonyl (C=O) groups excluding carboxylic acids is 1. The van der Waals surface area contributed by atoms with Gasteiger partial charge in [0.05, 0.1) is 5.56 Å². The van der Waals surface area contributed by atoms with Crippen LogP contribution in [0.5, 0.6) is 0 Å². The van der Waals surface area contributed by atoms with Gasteiger partial charge in [-0.3, -0.25) is 15.2 Å². The molecule has 0 bridgehead atoms. The van der Waals surface area contributed by atoms with Crippen LogP contribution in [0.3, 0.4) is 0 Å². The average Bonchev–Trinajstić information content (AvgIpc) is 2.36. The van der Waals surface area contributed by atoms with E-state index in [1.807, 2.05) is 5.43 Å². The number of hydrogen-bond acceptors (Lipinski definition) is 6. The SMILES string of the molecule is NNC(=O)c1cncc(C(O)C(O)C(=O)O)c1. The summed E-state index contributed by atoms with van der Waals surface area (Å²) in [5.74, 6) is 2.69. The number of nitrogen functional groups attached to an aromatic ring is 1. The minimum Gasteiger partial charge on any atom is -0.479 e. The number of aromatic nitrogens is 1. The monoisotopic (exact) mass is 241 g/mol. The number of aliphatic carboxylic acids is 1. The number of hydrogen-bond donors (Lipinski definition) is 5. The summed E-state index contributed by atoms with van der Waals surface area (Å²) in [5.41, 5.74) is 1.90. The van der Waals surface area contributed by atoms with E-state index in [4.69, 9.17) is 16.1 Å². The third kappa shape index (κ3) is 2.97. The molecule has 0 radical (unpaired) electrons. The molecule has 2 atom stereocenters. The fourth-order valence-corrected chi connectivity index (χ4v) is 1.14. The first-order chi connectivity index (χ1) is 7.97. The molecule has 6 N–H and O–H groups in total. The largest absolute Gasteiger partial charge is 0.479 e. The van der Waals surface area contributed by atoms with Crippen LogP contribution < -0.4 is 11.3 Å². The van der Waals surface area contributed by atoms with Crippen LogP contribution in [0.1, 0.15) is 22.0 Å². The van der Waals surface area contributed by atoms with E-state index in [-0.39, 0.29) is 11.1 Å².